The number of ether oxygens (including phenoxy) is 1. The summed E-state index contributed by atoms with van der Waals surface area (Å²) in [6.45, 7) is 2.07. The standard InChI is InChI=1S/C31H30BrFN2O3/c1-2-18-34-31(37)27(19-22-10-4-3-5-11-22)35(20-24-13-7-9-15-26(24)33)29(36)21-38-28-17-16-23-12-6-8-14-25(23)30(28)32/h3-17,27H,2,18-21H2,1H3,(H,34,37)/t27-/m1/s1. The van der Waals surface area contributed by atoms with Crippen LogP contribution < -0.4 is 10.1 Å². The summed E-state index contributed by atoms with van der Waals surface area (Å²) < 4.78 is 21.4. The molecule has 0 saturated heterocycles. The van der Waals surface area contributed by atoms with Crippen molar-refractivity contribution in [3.8, 4) is 5.75 Å². The Labute approximate surface area is 230 Å². The number of benzene rings is 4. The summed E-state index contributed by atoms with van der Waals surface area (Å²) in [4.78, 5) is 28.5. The Bertz CT molecular complexity index is 1400. The monoisotopic (exact) mass is 576 g/mol. The van der Waals surface area contributed by atoms with E-state index in [1.165, 1.54) is 11.0 Å². The van der Waals surface area contributed by atoms with Crippen molar-refractivity contribution in [2.24, 2.45) is 0 Å². The molecule has 0 fully saturated rings. The summed E-state index contributed by atoms with van der Waals surface area (Å²) in [6, 6.07) is 26.5. The highest BCUT2D eigenvalue weighted by molar-refractivity contribution is 9.10. The zero-order valence-electron chi connectivity index (χ0n) is 21.2. The number of rotatable bonds is 11. The molecule has 2 amide bonds. The number of fused-ring (bicyclic) bond motifs is 1. The SMILES string of the molecule is CCCNC(=O)[C@@H](Cc1ccccc1)N(Cc1ccccc1F)C(=O)COc1ccc2ccccc2c1Br. The number of amides is 2. The zero-order valence-corrected chi connectivity index (χ0v) is 22.8. The van der Waals surface area contributed by atoms with Gasteiger partial charge in [-0.15, -0.1) is 0 Å². The molecule has 0 heterocycles. The van der Waals surface area contributed by atoms with Gasteiger partial charge in [0.1, 0.15) is 17.6 Å². The minimum Gasteiger partial charge on any atom is -0.483 e. The lowest BCUT2D eigenvalue weighted by Crippen LogP contribution is -2.52. The van der Waals surface area contributed by atoms with Crippen LogP contribution in [0.25, 0.3) is 10.8 Å². The Morgan fingerprint density at radius 2 is 1.66 bits per heavy atom. The molecule has 0 aromatic heterocycles. The largest absolute Gasteiger partial charge is 0.483 e. The maximum absolute atomic E-state index is 14.7. The number of halogens is 2. The van der Waals surface area contributed by atoms with Crippen LogP contribution in [0.3, 0.4) is 0 Å². The lowest BCUT2D eigenvalue weighted by molar-refractivity contribution is -0.142. The van der Waals surface area contributed by atoms with E-state index in [1.807, 2.05) is 67.6 Å². The topological polar surface area (TPSA) is 58.6 Å². The van der Waals surface area contributed by atoms with Crippen LogP contribution in [0, 0.1) is 5.82 Å². The van der Waals surface area contributed by atoms with Gasteiger partial charge < -0.3 is 15.0 Å². The second-order valence-corrected chi connectivity index (χ2v) is 9.79. The van der Waals surface area contributed by atoms with Crippen LogP contribution in [0.1, 0.15) is 24.5 Å². The molecular weight excluding hydrogens is 547 g/mol. The molecule has 0 unspecified atom stereocenters. The molecule has 7 heteroatoms. The number of carbonyl (C=O) groups excluding carboxylic acids is 2. The second-order valence-electron chi connectivity index (χ2n) is 9.00. The summed E-state index contributed by atoms with van der Waals surface area (Å²) >= 11 is 3.59. The van der Waals surface area contributed by atoms with Crippen molar-refractivity contribution in [1.29, 1.82) is 0 Å². The van der Waals surface area contributed by atoms with E-state index in [1.54, 1.807) is 24.3 Å². The molecule has 0 aliphatic heterocycles. The molecule has 0 bridgehead atoms. The fourth-order valence-electron chi connectivity index (χ4n) is 4.28. The van der Waals surface area contributed by atoms with Crippen LogP contribution in [0.4, 0.5) is 4.39 Å². The van der Waals surface area contributed by atoms with Crippen molar-refractivity contribution in [3.05, 3.63) is 112 Å². The lowest BCUT2D eigenvalue weighted by atomic mass is 10.0. The average Bonchev–Trinajstić information content (AvgIpc) is 2.94. The maximum atomic E-state index is 14.7. The summed E-state index contributed by atoms with van der Waals surface area (Å²) in [5.74, 6) is -0.623. The normalized spacial score (nSPS) is 11.7. The molecule has 5 nitrogen and oxygen atoms in total. The third kappa shape index (κ3) is 6.78. The summed E-state index contributed by atoms with van der Waals surface area (Å²) in [7, 11) is 0. The van der Waals surface area contributed by atoms with E-state index in [9.17, 15) is 14.0 Å². The predicted octanol–water partition coefficient (Wildman–Crippen LogP) is 6.29. The van der Waals surface area contributed by atoms with Crippen LogP contribution in [-0.4, -0.2) is 35.9 Å². The van der Waals surface area contributed by atoms with E-state index in [0.717, 1.165) is 27.2 Å². The number of nitrogens with zero attached hydrogens (tertiary/aromatic N) is 1. The van der Waals surface area contributed by atoms with Crippen LogP contribution in [0.2, 0.25) is 0 Å². The van der Waals surface area contributed by atoms with Gasteiger partial charge in [-0.05, 0) is 50.8 Å². The number of hydrogen-bond acceptors (Lipinski definition) is 3. The summed E-state index contributed by atoms with van der Waals surface area (Å²) in [6.07, 6.45) is 1.04. The predicted molar refractivity (Wildman–Crippen MR) is 151 cm³/mol. The molecule has 196 valence electrons. The van der Waals surface area contributed by atoms with Crippen LogP contribution in [0.5, 0.6) is 5.75 Å². The van der Waals surface area contributed by atoms with Crippen LogP contribution >= 0.6 is 15.9 Å². The molecular formula is C31H30BrFN2O3. The van der Waals surface area contributed by atoms with Gasteiger partial charge in [0.25, 0.3) is 5.91 Å². The first kappa shape index (κ1) is 27.3. The number of nitrogens with one attached hydrogen (secondary N) is 1. The maximum Gasteiger partial charge on any atom is 0.261 e. The van der Waals surface area contributed by atoms with Gasteiger partial charge in [-0.25, -0.2) is 4.39 Å². The summed E-state index contributed by atoms with van der Waals surface area (Å²) in [5.41, 5.74) is 1.22. The molecule has 1 N–H and O–H groups in total. The molecule has 38 heavy (non-hydrogen) atoms. The number of hydrogen-bond donors (Lipinski definition) is 1. The Balaban J connectivity index is 1.64. The highest BCUT2D eigenvalue weighted by Crippen LogP contribution is 2.33. The fraction of sp³-hybridized carbons (Fsp3) is 0.226. The van der Waals surface area contributed by atoms with Gasteiger partial charge in [0.15, 0.2) is 6.61 Å². The minimum atomic E-state index is -0.847. The van der Waals surface area contributed by atoms with Crippen molar-refractivity contribution < 1.29 is 18.7 Å². The fourth-order valence-corrected chi connectivity index (χ4v) is 4.89. The van der Waals surface area contributed by atoms with Gasteiger partial charge in [-0.2, -0.15) is 0 Å². The van der Waals surface area contributed by atoms with E-state index in [0.29, 0.717) is 17.9 Å². The molecule has 0 radical (unpaired) electrons. The zero-order chi connectivity index (χ0) is 26.9. The Morgan fingerprint density at radius 3 is 2.42 bits per heavy atom. The van der Waals surface area contributed by atoms with Gasteiger partial charge in [0.2, 0.25) is 5.91 Å². The average molecular weight is 577 g/mol. The molecule has 4 rings (SSSR count). The molecule has 0 spiro atoms. The smallest absolute Gasteiger partial charge is 0.261 e. The molecule has 1 atom stereocenters. The van der Waals surface area contributed by atoms with Crippen molar-refractivity contribution in [2.75, 3.05) is 13.2 Å². The lowest BCUT2D eigenvalue weighted by Gasteiger charge is -2.31. The molecule has 0 aliphatic rings. The molecule has 4 aromatic rings. The van der Waals surface area contributed by atoms with E-state index in [-0.39, 0.29) is 25.5 Å². The quantitative estimate of drug-likeness (QED) is 0.228. The van der Waals surface area contributed by atoms with Crippen molar-refractivity contribution in [3.63, 3.8) is 0 Å². The Morgan fingerprint density at radius 1 is 0.947 bits per heavy atom. The van der Waals surface area contributed by atoms with E-state index < -0.39 is 17.8 Å². The molecule has 4 aromatic carbocycles. The first-order chi connectivity index (χ1) is 18.5. The number of carbonyl (C=O) groups is 2. The minimum absolute atomic E-state index is 0.0647. The van der Waals surface area contributed by atoms with Crippen LogP contribution in [0.15, 0.2) is 95.5 Å². The van der Waals surface area contributed by atoms with Crippen LogP contribution in [-0.2, 0) is 22.6 Å². The van der Waals surface area contributed by atoms with Crippen molar-refractivity contribution in [1.82, 2.24) is 10.2 Å². The summed E-state index contributed by atoms with van der Waals surface area (Å²) in [5, 5.41) is 4.91. The van der Waals surface area contributed by atoms with Gasteiger partial charge in [0.05, 0.1) is 4.47 Å². The van der Waals surface area contributed by atoms with Gasteiger partial charge >= 0.3 is 0 Å². The van der Waals surface area contributed by atoms with Gasteiger partial charge in [-0.1, -0.05) is 85.8 Å². The Kier molecular flexibility index (Phi) is 9.49. The molecule has 0 saturated carbocycles. The van der Waals surface area contributed by atoms with Crippen molar-refractivity contribution in [2.45, 2.75) is 32.4 Å². The molecule has 0 aliphatic carbocycles. The van der Waals surface area contributed by atoms with Gasteiger partial charge in [0, 0.05) is 25.1 Å². The third-order valence-electron chi connectivity index (χ3n) is 6.30. The Hall–Kier alpha value is -3.71. The highest BCUT2D eigenvalue weighted by Gasteiger charge is 2.31. The van der Waals surface area contributed by atoms with E-state index in [4.69, 9.17) is 4.74 Å². The first-order valence-corrected chi connectivity index (χ1v) is 13.4. The van der Waals surface area contributed by atoms with Gasteiger partial charge in [-0.3, -0.25) is 9.59 Å². The third-order valence-corrected chi connectivity index (χ3v) is 7.12. The first-order valence-electron chi connectivity index (χ1n) is 12.6. The van der Waals surface area contributed by atoms with E-state index in [2.05, 4.69) is 21.2 Å². The van der Waals surface area contributed by atoms with E-state index >= 15 is 0 Å². The highest BCUT2D eigenvalue weighted by atomic mass is 79.9. The second kappa shape index (κ2) is 13.2. The van der Waals surface area contributed by atoms with Crippen molar-refractivity contribution >= 4 is 38.5 Å².